The summed E-state index contributed by atoms with van der Waals surface area (Å²) in [4.78, 5) is 11.7. The average Bonchev–Trinajstić information content (AvgIpc) is 3.19. The Labute approximate surface area is 123 Å². The molecule has 0 heterocycles. The van der Waals surface area contributed by atoms with E-state index in [4.69, 9.17) is 5.73 Å². The Morgan fingerprint density at radius 3 is 2.58 bits per heavy atom. The van der Waals surface area contributed by atoms with Gasteiger partial charge in [0.1, 0.15) is 0 Å². The van der Waals surface area contributed by atoms with Crippen molar-refractivity contribution in [1.82, 2.24) is 5.32 Å². The van der Waals surface area contributed by atoms with Gasteiger partial charge in [-0.2, -0.15) is 0 Å². The fourth-order valence-corrected chi connectivity index (χ4v) is 2.37. The minimum Gasteiger partial charge on any atom is -0.355 e. The molecule has 1 fully saturated rings. The monoisotopic (exact) mass is 324 g/mol. The highest BCUT2D eigenvalue weighted by atomic mass is 79.9. The number of benzene rings is 1. The molecule has 0 atom stereocenters. The van der Waals surface area contributed by atoms with E-state index in [1.54, 1.807) is 0 Å². The van der Waals surface area contributed by atoms with Gasteiger partial charge in [-0.25, -0.2) is 0 Å². The largest absolute Gasteiger partial charge is 0.355 e. The number of halogens is 1. The van der Waals surface area contributed by atoms with Gasteiger partial charge >= 0.3 is 0 Å². The number of nitrogens with one attached hydrogen (secondary N) is 1. The molecule has 1 aromatic rings. The third-order valence-corrected chi connectivity index (χ3v) is 4.36. The first-order valence-electron chi connectivity index (χ1n) is 6.85. The minimum absolute atomic E-state index is 0.150. The van der Waals surface area contributed by atoms with Crippen molar-refractivity contribution in [3.63, 3.8) is 0 Å². The van der Waals surface area contributed by atoms with Crippen LogP contribution >= 0.6 is 15.9 Å². The van der Waals surface area contributed by atoms with E-state index < -0.39 is 0 Å². The zero-order chi connectivity index (χ0) is 13.7. The molecule has 3 N–H and O–H groups in total. The quantitative estimate of drug-likeness (QED) is 0.810. The highest BCUT2D eigenvalue weighted by Crippen LogP contribution is 2.43. The Bertz CT molecular complexity index is 426. The van der Waals surface area contributed by atoms with Crippen molar-refractivity contribution >= 4 is 21.8 Å². The molecular weight excluding hydrogens is 304 g/mol. The van der Waals surface area contributed by atoms with E-state index in [9.17, 15) is 4.79 Å². The van der Waals surface area contributed by atoms with Gasteiger partial charge in [-0.3, -0.25) is 4.79 Å². The molecule has 0 saturated heterocycles. The standard InChI is InChI=1S/C15H21BrN2O/c16-13-6-4-12(5-7-13)2-1-3-14(19)18-11-15(10-17)8-9-15/h4-7H,1-3,8-11,17H2,(H,18,19). The van der Waals surface area contributed by atoms with Crippen molar-refractivity contribution in [1.29, 1.82) is 0 Å². The second-order valence-corrected chi connectivity index (χ2v) is 6.38. The van der Waals surface area contributed by atoms with Crippen molar-refractivity contribution in [3.05, 3.63) is 34.3 Å². The third kappa shape index (κ3) is 4.62. The van der Waals surface area contributed by atoms with E-state index >= 15 is 0 Å². The van der Waals surface area contributed by atoms with Crippen LogP contribution in [0.25, 0.3) is 0 Å². The van der Waals surface area contributed by atoms with E-state index in [0.717, 1.165) is 36.7 Å². The molecule has 0 spiro atoms. The summed E-state index contributed by atoms with van der Waals surface area (Å²) in [7, 11) is 0. The molecule has 0 unspecified atom stereocenters. The number of rotatable bonds is 7. The Kier molecular flexibility index (Phi) is 4.99. The molecule has 0 aromatic heterocycles. The molecule has 0 bridgehead atoms. The molecule has 0 radical (unpaired) electrons. The number of hydrogen-bond acceptors (Lipinski definition) is 2. The number of carbonyl (C=O) groups is 1. The van der Waals surface area contributed by atoms with Gasteiger partial charge in [0.15, 0.2) is 0 Å². The van der Waals surface area contributed by atoms with E-state index in [2.05, 4.69) is 33.4 Å². The van der Waals surface area contributed by atoms with Crippen LogP contribution in [-0.2, 0) is 11.2 Å². The smallest absolute Gasteiger partial charge is 0.220 e. The summed E-state index contributed by atoms with van der Waals surface area (Å²) in [5.74, 6) is 0.150. The van der Waals surface area contributed by atoms with Crippen LogP contribution < -0.4 is 11.1 Å². The topological polar surface area (TPSA) is 55.1 Å². The molecule has 1 aromatic carbocycles. The van der Waals surface area contributed by atoms with E-state index in [-0.39, 0.29) is 11.3 Å². The highest BCUT2D eigenvalue weighted by Gasteiger charge is 2.41. The van der Waals surface area contributed by atoms with Crippen molar-refractivity contribution in [2.75, 3.05) is 13.1 Å². The van der Waals surface area contributed by atoms with Gasteiger partial charge in [-0.1, -0.05) is 28.1 Å². The summed E-state index contributed by atoms with van der Waals surface area (Å²) in [6.07, 6.45) is 4.74. The number of hydrogen-bond donors (Lipinski definition) is 2. The van der Waals surface area contributed by atoms with Crippen LogP contribution in [0.15, 0.2) is 28.7 Å². The van der Waals surface area contributed by atoms with Crippen molar-refractivity contribution in [2.45, 2.75) is 32.1 Å². The second-order valence-electron chi connectivity index (χ2n) is 5.46. The molecule has 1 aliphatic carbocycles. The van der Waals surface area contributed by atoms with Crippen LogP contribution in [0.3, 0.4) is 0 Å². The second kappa shape index (κ2) is 6.53. The molecule has 19 heavy (non-hydrogen) atoms. The Morgan fingerprint density at radius 1 is 1.32 bits per heavy atom. The lowest BCUT2D eigenvalue weighted by Gasteiger charge is -2.13. The fraction of sp³-hybridized carbons (Fsp3) is 0.533. The van der Waals surface area contributed by atoms with Gasteiger partial charge in [0.25, 0.3) is 0 Å². The third-order valence-electron chi connectivity index (χ3n) is 3.83. The summed E-state index contributed by atoms with van der Waals surface area (Å²) >= 11 is 3.41. The Morgan fingerprint density at radius 2 is 2.00 bits per heavy atom. The minimum atomic E-state index is 0.150. The van der Waals surface area contributed by atoms with Crippen LogP contribution in [0.1, 0.15) is 31.2 Å². The molecule has 1 amide bonds. The molecular formula is C15H21BrN2O. The number of nitrogens with two attached hydrogens (primary N) is 1. The highest BCUT2D eigenvalue weighted by molar-refractivity contribution is 9.10. The molecule has 3 nitrogen and oxygen atoms in total. The number of amides is 1. The van der Waals surface area contributed by atoms with Gasteiger partial charge in [-0.05, 0) is 55.3 Å². The summed E-state index contributed by atoms with van der Waals surface area (Å²) in [6, 6.07) is 8.26. The van der Waals surface area contributed by atoms with Gasteiger partial charge in [-0.15, -0.1) is 0 Å². The van der Waals surface area contributed by atoms with Crippen molar-refractivity contribution in [2.24, 2.45) is 11.1 Å². The SMILES string of the molecule is NCC1(CNC(=O)CCCc2ccc(Br)cc2)CC1. The van der Waals surface area contributed by atoms with E-state index in [1.807, 2.05) is 12.1 Å². The number of aryl methyl sites for hydroxylation is 1. The predicted molar refractivity (Wildman–Crippen MR) is 80.8 cm³/mol. The van der Waals surface area contributed by atoms with Crippen LogP contribution in [0.2, 0.25) is 0 Å². The van der Waals surface area contributed by atoms with Crippen molar-refractivity contribution < 1.29 is 4.79 Å². The molecule has 1 aliphatic rings. The summed E-state index contributed by atoms with van der Waals surface area (Å²) in [5, 5.41) is 3.01. The maximum absolute atomic E-state index is 11.7. The fourth-order valence-electron chi connectivity index (χ4n) is 2.11. The first kappa shape index (κ1) is 14.5. The lowest BCUT2D eigenvalue weighted by molar-refractivity contribution is -0.121. The average molecular weight is 325 g/mol. The molecule has 0 aliphatic heterocycles. The maximum Gasteiger partial charge on any atom is 0.220 e. The van der Waals surface area contributed by atoms with Crippen molar-refractivity contribution in [3.8, 4) is 0 Å². The van der Waals surface area contributed by atoms with Crippen LogP contribution in [0.5, 0.6) is 0 Å². The Hall–Kier alpha value is -0.870. The molecule has 2 rings (SSSR count). The Balaban J connectivity index is 1.62. The maximum atomic E-state index is 11.7. The first-order valence-corrected chi connectivity index (χ1v) is 7.64. The van der Waals surface area contributed by atoms with Gasteiger partial charge < -0.3 is 11.1 Å². The summed E-state index contributed by atoms with van der Waals surface area (Å²) in [5.41, 5.74) is 7.19. The molecule has 4 heteroatoms. The zero-order valence-corrected chi connectivity index (χ0v) is 12.7. The lowest BCUT2D eigenvalue weighted by Crippen LogP contribution is -2.33. The first-order chi connectivity index (χ1) is 9.13. The summed E-state index contributed by atoms with van der Waals surface area (Å²) in [6.45, 7) is 1.44. The van der Waals surface area contributed by atoms with Gasteiger partial charge in [0, 0.05) is 17.4 Å². The van der Waals surface area contributed by atoms with Gasteiger partial charge in [0.2, 0.25) is 5.91 Å². The van der Waals surface area contributed by atoms with Crippen LogP contribution in [0, 0.1) is 5.41 Å². The lowest BCUT2D eigenvalue weighted by atomic mass is 10.1. The zero-order valence-electron chi connectivity index (χ0n) is 11.1. The normalized spacial score (nSPS) is 16.1. The van der Waals surface area contributed by atoms with E-state index in [0.29, 0.717) is 13.0 Å². The predicted octanol–water partition coefficient (Wildman–Crippen LogP) is 2.63. The van der Waals surface area contributed by atoms with Gasteiger partial charge in [0.05, 0.1) is 0 Å². The number of carbonyl (C=O) groups excluding carboxylic acids is 1. The molecule has 1 saturated carbocycles. The molecule has 104 valence electrons. The summed E-state index contributed by atoms with van der Waals surface area (Å²) < 4.78 is 1.09. The van der Waals surface area contributed by atoms with Crippen LogP contribution in [-0.4, -0.2) is 19.0 Å². The van der Waals surface area contributed by atoms with Crippen LogP contribution in [0.4, 0.5) is 0 Å². The van der Waals surface area contributed by atoms with E-state index in [1.165, 1.54) is 5.56 Å².